The Labute approximate surface area is 161 Å². The number of rotatable bonds is 4. The molecule has 1 fully saturated rings. The second kappa shape index (κ2) is 8.49. The molecule has 144 valence electrons. The molecule has 0 unspecified atom stereocenters. The van der Waals surface area contributed by atoms with Gasteiger partial charge in [0.2, 0.25) is 0 Å². The molecular weight excluding hydrogens is 366 g/mol. The van der Waals surface area contributed by atoms with E-state index in [1.807, 2.05) is 6.92 Å². The first kappa shape index (κ1) is 19.3. The van der Waals surface area contributed by atoms with Crippen molar-refractivity contribution in [3.8, 4) is 0 Å². The summed E-state index contributed by atoms with van der Waals surface area (Å²) < 4.78 is 5.94. The van der Waals surface area contributed by atoms with E-state index in [0.717, 1.165) is 47.2 Å². The standard InChI is InChI=1S/C17H23N7O2S/c1-3-22(13-8-5-4-6-9-13)16(25)24-17(26)23(20-21-24)15-11-7-10-14(12(15)2)19-27-18/h7,10-11,13H,2-6,8-9,18H2,1H3. The van der Waals surface area contributed by atoms with Crippen LogP contribution in [-0.4, -0.2) is 49.0 Å². The molecule has 0 aromatic carbocycles. The predicted octanol–water partition coefficient (Wildman–Crippen LogP) is 1.99. The summed E-state index contributed by atoms with van der Waals surface area (Å²) in [4.78, 5) is 27.4. The molecule has 1 amide bonds. The molecule has 0 saturated heterocycles. The fourth-order valence-corrected chi connectivity index (χ4v) is 3.77. The van der Waals surface area contributed by atoms with Gasteiger partial charge in [-0.1, -0.05) is 31.9 Å². The third-order valence-corrected chi connectivity index (χ3v) is 5.17. The molecule has 10 heteroatoms. The maximum absolute atomic E-state index is 12.9. The number of tetrazole rings is 1. The Kier molecular flexibility index (Phi) is 6.07. The lowest BCUT2D eigenvalue weighted by Crippen LogP contribution is -2.47. The minimum absolute atomic E-state index is 0.139. The molecule has 2 N–H and O–H groups in total. The molecule has 27 heavy (non-hydrogen) atoms. The van der Waals surface area contributed by atoms with E-state index in [9.17, 15) is 9.59 Å². The van der Waals surface area contributed by atoms with E-state index in [0.29, 0.717) is 23.5 Å². The SMILES string of the molecule is C=C1C(n2nnn(C(=O)N(CC)C3CCCCC3)c2=O)=CC=CC1=NSN. The fourth-order valence-electron chi connectivity index (χ4n) is 3.49. The number of nitrogens with zero attached hydrogens (tertiary/aromatic N) is 6. The maximum Gasteiger partial charge on any atom is 0.377 e. The van der Waals surface area contributed by atoms with Crippen molar-refractivity contribution in [2.24, 2.45) is 9.54 Å². The van der Waals surface area contributed by atoms with Gasteiger partial charge in [0.05, 0.1) is 23.5 Å². The second-order valence-corrected chi connectivity index (χ2v) is 6.81. The lowest BCUT2D eigenvalue weighted by atomic mass is 9.94. The van der Waals surface area contributed by atoms with Crippen molar-refractivity contribution >= 4 is 29.6 Å². The third kappa shape index (κ3) is 3.81. The summed E-state index contributed by atoms with van der Waals surface area (Å²) in [5, 5.41) is 13.1. The largest absolute Gasteiger partial charge is 0.377 e. The molecule has 1 saturated carbocycles. The van der Waals surface area contributed by atoms with Crippen molar-refractivity contribution < 1.29 is 4.79 Å². The van der Waals surface area contributed by atoms with Gasteiger partial charge in [-0.05, 0) is 42.3 Å². The van der Waals surface area contributed by atoms with Crippen LogP contribution in [0.25, 0.3) is 5.70 Å². The number of allylic oxidation sites excluding steroid dienone is 5. The van der Waals surface area contributed by atoms with Gasteiger partial charge in [-0.15, -0.1) is 4.68 Å². The van der Waals surface area contributed by atoms with E-state index in [-0.39, 0.29) is 6.04 Å². The number of carbonyl (C=O) groups is 1. The topological polar surface area (TPSA) is 111 Å². The van der Waals surface area contributed by atoms with Crippen LogP contribution in [0.4, 0.5) is 4.79 Å². The summed E-state index contributed by atoms with van der Waals surface area (Å²) in [5.41, 5.74) is 0.800. The highest BCUT2D eigenvalue weighted by molar-refractivity contribution is 7.95. The van der Waals surface area contributed by atoms with Gasteiger partial charge in [0.1, 0.15) is 0 Å². The van der Waals surface area contributed by atoms with Crippen LogP contribution in [0.1, 0.15) is 39.0 Å². The average Bonchev–Trinajstić information content (AvgIpc) is 3.06. The molecule has 2 aliphatic carbocycles. The molecule has 0 radical (unpaired) electrons. The van der Waals surface area contributed by atoms with E-state index in [1.165, 1.54) is 6.42 Å². The Bertz CT molecular complexity index is 874. The predicted molar refractivity (Wildman–Crippen MR) is 106 cm³/mol. The second-order valence-electron chi connectivity index (χ2n) is 6.42. The van der Waals surface area contributed by atoms with Crippen molar-refractivity contribution in [3.63, 3.8) is 0 Å². The Morgan fingerprint density at radius 3 is 2.81 bits per heavy atom. The molecule has 1 heterocycles. The first-order valence-corrected chi connectivity index (χ1v) is 9.80. The Hall–Kier alpha value is -2.46. The first-order valence-electron chi connectivity index (χ1n) is 8.96. The number of hydrogen-bond donors (Lipinski definition) is 1. The highest BCUT2D eigenvalue weighted by Crippen LogP contribution is 2.23. The molecule has 2 aliphatic rings. The summed E-state index contributed by atoms with van der Waals surface area (Å²) in [5.74, 6) is 0. The zero-order chi connectivity index (χ0) is 19.4. The van der Waals surface area contributed by atoms with Crippen LogP contribution >= 0.6 is 12.1 Å². The molecule has 3 rings (SSSR count). The molecule has 0 spiro atoms. The van der Waals surface area contributed by atoms with Crippen molar-refractivity contribution in [2.75, 3.05) is 6.54 Å². The van der Waals surface area contributed by atoms with Crippen molar-refractivity contribution in [2.45, 2.75) is 45.1 Å². The Balaban J connectivity index is 1.89. The van der Waals surface area contributed by atoms with Gasteiger partial charge >= 0.3 is 11.7 Å². The number of amides is 1. The van der Waals surface area contributed by atoms with Crippen LogP contribution in [0, 0.1) is 0 Å². The normalized spacial score (nSPS) is 19.4. The van der Waals surface area contributed by atoms with E-state index in [4.69, 9.17) is 5.14 Å². The van der Waals surface area contributed by atoms with Crippen molar-refractivity contribution in [1.82, 2.24) is 24.7 Å². The van der Waals surface area contributed by atoms with Crippen molar-refractivity contribution in [1.29, 1.82) is 0 Å². The quantitative estimate of drug-likeness (QED) is 0.623. The summed E-state index contributed by atoms with van der Waals surface area (Å²) >= 11 is 0.805. The molecule has 0 aliphatic heterocycles. The highest BCUT2D eigenvalue weighted by Gasteiger charge is 2.28. The summed E-state index contributed by atoms with van der Waals surface area (Å²) in [7, 11) is 0. The molecule has 0 bridgehead atoms. The lowest BCUT2D eigenvalue weighted by molar-refractivity contribution is 0.157. The van der Waals surface area contributed by atoms with Gasteiger partial charge in [0.15, 0.2) is 0 Å². The van der Waals surface area contributed by atoms with Crippen LogP contribution in [0.15, 0.2) is 39.6 Å². The maximum atomic E-state index is 12.9. The van der Waals surface area contributed by atoms with Crippen LogP contribution in [0.3, 0.4) is 0 Å². The van der Waals surface area contributed by atoms with E-state index >= 15 is 0 Å². The van der Waals surface area contributed by atoms with Gasteiger partial charge in [0, 0.05) is 18.2 Å². The van der Waals surface area contributed by atoms with Gasteiger partial charge in [-0.3, -0.25) is 5.14 Å². The molecule has 9 nitrogen and oxygen atoms in total. The van der Waals surface area contributed by atoms with Gasteiger partial charge < -0.3 is 4.90 Å². The van der Waals surface area contributed by atoms with Crippen LogP contribution in [-0.2, 0) is 0 Å². The number of nitrogens with two attached hydrogens (primary N) is 1. The van der Waals surface area contributed by atoms with E-state index in [1.54, 1.807) is 23.1 Å². The summed E-state index contributed by atoms with van der Waals surface area (Å²) in [6, 6.07) is -0.301. The monoisotopic (exact) mass is 389 g/mol. The number of carbonyl (C=O) groups excluding carboxylic acids is 1. The zero-order valence-corrected chi connectivity index (χ0v) is 16.1. The Morgan fingerprint density at radius 1 is 1.41 bits per heavy atom. The van der Waals surface area contributed by atoms with E-state index in [2.05, 4.69) is 21.4 Å². The van der Waals surface area contributed by atoms with E-state index < -0.39 is 11.7 Å². The van der Waals surface area contributed by atoms with Gasteiger partial charge in [0.25, 0.3) is 0 Å². The zero-order valence-electron chi connectivity index (χ0n) is 15.2. The van der Waals surface area contributed by atoms with Gasteiger partial charge in [-0.2, -0.15) is 9.08 Å². The smallest absolute Gasteiger partial charge is 0.320 e. The fraction of sp³-hybridized carbons (Fsp3) is 0.471. The minimum atomic E-state index is -0.628. The molecular formula is C17H23N7O2S. The highest BCUT2D eigenvalue weighted by atomic mass is 32.2. The molecule has 0 atom stereocenters. The van der Waals surface area contributed by atoms with Crippen LogP contribution in [0.5, 0.6) is 0 Å². The lowest BCUT2D eigenvalue weighted by Gasteiger charge is -2.32. The van der Waals surface area contributed by atoms with Crippen molar-refractivity contribution in [3.05, 3.63) is 40.9 Å². The number of hydrogen-bond acceptors (Lipinski definition) is 7. The number of aromatic nitrogens is 4. The first-order chi connectivity index (χ1) is 13.1. The molecule has 1 aromatic heterocycles. The summed E-state index contributed by atoms with van der Waals surface area (Å²) in [6.45, 7) is 6.37. The van der Waals surface area contributed by atoms with Crippen LogP contribution < -0.4 is 10.8 Å². The summed E-state index contributed by atoms with van der Waals surface area (Å²) in [6.07, 6.45) is 10.4. The van der Waals surface area contributed by atoms with Crippen LogP contribution in [0.2, 0.25) is 0 Å². The minimum Gasteiger partial charge on any atom is -0.320 e. The van der Waals surface area contributed by atoms with Gasteiger partial charge in [-0.25, -0.2) is 9.59 Å². The Morgan fingerprint density at radius 2 is 2.15 bits per heavy atom. The average molecular weight is 389 g/mol. The molecule has 1 aromatic rings. The third-order valence-electron chi connectivity index (χ3n) is 4.87.